The monoisotopic (exact) mass is 256 g/mol. The van der Waals surface area contributed by atoms with E-state index in [1.54, 1.807) is 13.0 Å². The molecule has 1 aromatic rings. The average Bonchev–Trinajstić information content (AvgIpc) is 2.35. The van der Waals surface area contributed by atoms with Gasteiger partial charge in [0.1, 0.15) is 0 Å². The molecule has 1 atom stereocenters. The van der Waals surface area contributed by atoms with E-state index in [1.165, 1.54) is 19.2 Å². The number of esters is 1. The van der Waals surface area contributed by atoms with Gasteiger partial charge in [-0.05, 0) is 31.0 Å². The molecule has 0 aliphatic carbocycles. The number of hydrogen-bond donors (Lipinski definition) is 1. The van der Waals surface area contributed by atoms with Gasteiger partial charge in [0.15, 0.2) is 11.6 Å². The van der Waals surface area contributed by atoms with Crippen molar-refractivity contribution in [2.24, 2.45) is 0 Å². The molecule has 0 heterocycles. The van der Waals surface area contributed by atoms with Crippen molar-refractivity contribution in [2.75, 3.05) is 13.7 Å². The zero-order valence-electron chi connectivity index (χ0n) is 10.5. The minimum Gasteiger partial charge on any atom is -0.491 e. The topological polar surface area (TPSA) is 55.8 Å². The van der Waals surface area contributed by atoms with Gasteiger partial charge in [0.25, 0.3) is 0 Å². The highest BCUT2D eigenvalue weighted by molar-refractivity contribution is 5.69. The number of ether oxygens (including phenoxy) is 2. The average molecular weight is 256 g/mol. The first-order valence-electron chi connectivity index (χ1n) is 5.71. The first-order chi connectivity index (χ1) is 8.54. The van der Waals surface area contributed by atoms with E-state index in [4.69, 9.17) is 4.74 Å². The molecule has 4 nitrogen and oxygen atoms in total. The molecular formula is C13H17FO4. The Bertz CT molecular complexity index is 404. The summed E-state index contributed by atoms with van der Waals surface area (Å²) < 4.78 is 23.2. The van der Waals surface area contributed by atoms with Crippen LogP contribution in [0.1, 0.15) is 31.4 Å². The molecule has 1 N–H and O–H groups in total. The van der Waals surface area contributed by atoms with Crippen molar-refractivity contribution in [2.45, 2.75) is 25.9 Å². The lowest BCUT2D eigenvalue weighted by Gasteiger charge is -2.09. The molecule has 0 fully saturated rings. The minimum atomic E-state index is -0.715. The van der Waals surface area contributed by atoms with Crippen LogP contribution in [0.2, 0.25) is 0 Å². The van der Waals surface area contributed by atoms with Crippen LogP contribution in [0.15, 0.2) is 18.2 Å². The lowest BCUT2D eigenvalue weighted by Crippen LogP contribution is -2.05. The molecular weight excluding hydrogens is 239 g/mol. The molecule has 18 heavy (non-hydrogen) atoms. The van der Waals surface area contributed by atoms with Crippen molar-refractivity contribution >= 4 is 5.97 Å². The fourth-order valence-corrected chi connectivity index (χ4v) is 1.39. The summed E-state index contributed by atoms with van der Waals surface area (Å²) in [5.41, 5.74) is 0.495. The van der Waals surface area contributed by atoms with Crippen LogP contribution in [0.4, 0.5) is 4.39 Å². The fraction of sp³-hybridized carbons (Fsp3) is 0.462. The quantitative estimate of drug-likeness (QED) is 0.626. The van der Waals surface area contributed by atoms with Crippen LogP contribution in [-0.4, -0.2) is 24.8 Å². The van der Waals surface area contributed by atoms with E-state index in [0.29, 0.717) is 12.0 Å². The van der Waals surface area contributed by atoms with E-state index in [1.807, 2.05) is 0 Å². The van der Waals surface area contributed by atoms with Gasteiger partial charge in [0.2, 0.25) is 0 Å². The summed E-state index contributed by atoms with van der Waals surface area (Å²) in [6.07, 6.45) is -0.0124. The lowest BCUT2D eigenvalue weighted by atomic mass is 10.1. The van der Waals surface area contributed by atoms with Gasteiger partial charge in [-0.15, -0.1) is 0 Å². The van der Waals surface area contributed by atoms with E-state index in [0.717, 1.165) is 0 Å². The third-order valence-corrected chi connectivity index (χ3v) is 2.45. The second-order valence-corrected chi connectivity index (χ2v) is 3.89. The highest BCUT2D eigenvalue weighted by Gasteiger charge is 2.08. The zero-order chi connectivity index (χ0) is 13.5. The largest absolute Gasteiger partial charge is 0.491 e. The van der Waals surface area contributed by atoms with Gasteiger partial charge >= 0.3 is 5.97 Å². The Balaban J connectivity index is 2.45. The van der Waals surface area contributed by atoms with Crippen LogP contribution >= 0.6 is 0 Å². The fourth-order valence-electron chi connectivity index (χ4n) is 1.39. The molecule has 0 spiro atoms. The second-order valence-electron chi connectivity index (χ2n) is 3.89. The predicted molar refractivity (Wildman–Crippen MR) is 63.8 cm³/mol. The summed E-state index contributed by atoms with van der Waals surface area (Å²) in [7, 11) is 1.32. The van der Waals surface area contributed by atoms with Crippen molar-refractivity contribution in [3.05, 3.63) is 29.6 Å². The van der Waals surface area contributed by atoms with Crippen LogP contribution in [-0.2, 0) is 9.53 Å². The number of methoxy groups -OCH3 is 1. The number of benzene rings is 1. The van der Waals surface area contributed by atoms with Crippen LogP contribution < -0.4 is 4.74 Å². The summed E-state index contributed by atoms with van der Waals surface area (Å²) in [4.78, 5) is 10.8. The first kappa shape index (κ1) is 14.4. The van der Waals surface area contributed by atoms with Crippen LogP contribution in [0.3, 0.4) is 0 Å². The van der Waals surface area contributed by atoms with Crippen molar-refractivity contribution in [3.8, 4) is 5.75 Å². The maximum atomic E-state index is 13.5. The molecule has 1 rings (SSSR count). The van der Waals surface area contributed by atoms with Gasteiger partial charge in [0, 0.05) is 6.42 Å². The number of halogens is 1. The molecule has 0 bridgehead atoms. The van der Waals surface area contributed by atoms with Gasteiger partial charge in [-0.25, -0.2) is 4.39 Å². The van der Waals surface area contributed by atoms with Gasteiger partial charge < -0.3 is 14.6 Å². The predicted octanol–water partition coefficient (Wildman–Crippen LogP) is 2.21. The van der Waals surface area contributed by atoms with E-state index >= 15 is 0 Å². The molecule has 0 amide bonds. The Labute approximate surface area is 105 Å². The van der Waals surface area contributed by atoms with E-state index < -0.39 is 11.9 Å². The number of aliphatic hydroxyl groups excluding tert-OH is 1. The maximum Gasteiger partial charge on any atom is 0.305 e. The van der Waals surface area contributed by atoms with Gasteiger partial charge in [-0.3, -0.25) is 4.79 Å². The Morgan fingerprint density at radius 2 is 2.22 bits per heavy atom. The van der Waals surface area contributed by atoms with Gasteiger partial charge in [0.05, 0.1) is 19.8 Å². The maximum absolute atomic E-state index is 13.5. The molecule has 0 aromatic heterocycles. The Kier molecular flexibility index (Phi) is 5.58. The Morgan fingerprint density at radius 3 is 2.78 bits per heavy atom. The third kappa shape index (κ3) is 4.33. The zero-order valence-corrected chi connectivity index (χ0v) is 10.5. The van der Waals surface area contributed by atoms with E-state index in [-0.39, 0.29) is 24.7 Å². The molecule has 0 saturated heterocycles. The summed E-state index contributed by atoms with van der Waals surface area (Å²) in [6, 6.07) is 4.30. The van der Waals surface area contributed by atoms with Crippen molar-refractivity contribution in [1.29, 1.82) is 0 Å². The molecule has 0 aliphatic heterocycles. The third-order valence-electron chi connectivity index (χ3n) is 2.45. The molecule has 0 aliphatic rings. The Morgan fingerprint density at radius 1 is 1.50 bits per heavy atom. The second kappa shape index (κ2) is 6.96. The molecule has 100 valence electrons. The molecule has 0 radical (unpaired) electrons. The first-order valence-corrected chi connectivity index (χ1v) is 5.71. The van der Waals surface area contributed by atoms with Crippen molar-refractivity contribution < 1.29 is 23.8 Å². The minimum absolute atomic E-state index is 0.115. The number of rotatable bonds is 6. The normalized spacial score (nSPS) is 12.0. The van der Waals surface area contributed by atoms with E-state index in [2.05, 4.69) is 4.74 Å². The standard InChI is InChI=1S/C13H17FO4/c1-9(15)10-5-6-12(11(14)8-10)18-7-3-4-13(16)17-2/h5-6,8-9,15H,3-4,7H2,1-2H3/t9-/m1/s1. The van der Waals surface area contributed by atoms with E-state index in [9.17, 15) is 14.3 Å². The molecule has 0 unspecified atom stereocenters. The number of carbonyl (C=O) groups excluding carboxylic acids is 1. The van der Waals surface area contributed by atoms with Crippen LogP contribution in [0.5, 0.6) is 5.75 Å². The summed E-state index contributed by atoms with van der Waals surface area (Å²) >= 11 is 0. The Hall–Kier alpha value is -1.62. The molecule has 5 heteroatoms. The summed E-state index contributed by atoms with van der Waals surface area (Å²) in [6.45, 7) is 1.80. The van der Waals surface area contributed by atoms with Crippen LogP contribution in [0.25, 0.3) is 0 Å². The smallest absolute Gasteiger partial charge is 0.305 e. The van der Waals surface area contributed by atoms with Crippen molar-refractivity contribution in [3.63, 3.8) is 0 Å². The number of hydrogen-bond acceptors (Lipinski definition) is 4. The number of carbonyl (C=O) groups is 1. The SMILES string of the molecule is COC(=O)CCCOc1ccc([C@@H](C)O)cc1F. The van der Waals surface area contributed by atoms with Gasteiger partial charge in [-0.1, -0.05) is 6.07 Å². The summed E-state index contributed by atoms with van der Waals surface area (Å²) in [5, 5.41) is 9.28. The van der Waals surface area contributed by atoms with Crippen molar-refractivity contribution in [1.82, 2.24) is 0 Å². The van der Waals surface area contributed by atoms with Gasteiger partial charge in [-0.2, -0.15) is 0 Å². The highest BCUT2D eigenvalue weighted by Crippen LogP contribution is 2.22. The molecule has 0 saturated carbocycles. The number of aliphatic hydroxyl groups is 1. The van der Waals surface area contributed by atoms with Crippen LogP contribution in [0, 0.1) is 5.82 Å². The summed E-state index contributed by atoms with van der Waals surface area (Å²) in [5.74, 6) is -0.723. The molecule has 1 aromatic carbocycles. The lowest BCUT2D eigenvalue weighted by molar-refractivity contribution is -0.140. The highest BCUT2D eigenvalue weighted by atomic mass is 19.1.